The third kappa shape index (κ3) is 17.3. The molecule has 7 rings (SSSR count). The van der Waals surface area contributed by atoms with E-state index in [4.69, 9.17) is 9.47 Å². The highest BCUT2D eigenvalue weighted by Gasteiger charge is 2.31. The van der Waals surface area contributed by atoms with Crippen LogP contribution in [-0.2, 0) is 33.1 Å². The highest BCUT2D eigenvalue weighted by Crippen LogP contribution is 2.29. The van der Waals surface area contributed by atoms with Crippen LogP contribution in [0, 0.1) is 5.92 Å². The van der Waals surface area contributed by atoms with E-state index in [1.54, 1.807) is 95.6 Å². The number of rotatable bonds is 23. The lowest BCUT2D eigenvalue weighted by molar-refractivity contribution is 0.0943. The van der Waals surface area contributed by atoms with Gasteiger partial charge in [0.15, 0.2) is 0 Å². The lowest BCUT2D eigenvalue weighted by Gasteiger charge is -2.27. The Hall–Kier alpha value is -3.92. The predicted molar refractivity (Wildman–Crippen MR) is 289 cm³/mol. The molecule has 0 radical (unpaired) electrons. The van der Waals surface area contributed by atoms with Gasteiger partial charge in [0.1, 0.15) is 19.9 Å². The van der Waals surface area contributed by atoms with Crippen molar-refractivity contribution in [3.63, 3.8) is 0 Å². The third-order valence-electron chi connectivity index (χ3n) is 13.9. The quantitative estimate of drug-likeness (QED) is 0.0562. The number of ether oxygens (including phenoxy) is 2. The topological polar surface area (TPSA) is 179 Å². The second kappa shape index (κ2) is 29.2. The number of carbonyl (C=O) groups is 2. The van der Waals surface area contributed by atoms with E-state index in [9.17, 15) is 26.4 Å². The summed E-state index contributed by atoms with van der Waals surface area (Å²) in [5.41, 5.74) is 1.00. The van der Waals surface area contributed by atoms with E-state index in [0.717, 1.165) is 67.9 Å². The Morgan fingerprint density at radius 3 is 1.64 bits per heavy atom. The summed E-state index contributed by atoms with van der Waals surface area (Å²) >= 11 is 2.45. The van der Waals surface area contributed by atoms with Gasteiger partial charge in [-0.2, -0.15) is 8.61 Å². The normalized spacial score (nSPS) is 19.0. The van der Waals surface area contributed by atoms with Crippen molar-refractivity contribution >= 4 is 54.5 Å². The lowest BCUT2D eigenvalue weighted by Crippen LogP contribution is -2.39. The number of amides is 2. The number of methoxy groups -OCH3 is 2. The van der Waals surface area contributed by atoms with E-state index < -0.39 is 20.0 Å². The Morgan fingerprint density at radius 2 is 1.15 bits per heavy atom. The number of nitrogens with zero attached hydrogens (tertiary/aromatic N) is 3. The van der Waals surface area contributed by atoms with E-state index in [0.29, 0.717) is 75.2 Å². The molecule has 0 aliphatic carbocycles. The van der Waals surface area contributed by atoms with Crippen molar-refractivity contribution in [1.29, 1.82) is 0 Å². The number of benzene rings is 2. The van der Waals surface area contributed by atoms with Crippen LogP contribution in [0.2, 0.25) is 0 Å². The van der Waals surface area contributed by atoms with Crippen molar-refractivity contribution in [2.45, 2.75) is 131 Å². The fraction of sp³-hybridized carbons (Fsp3) is 0.585. The highest BCUT2D eigenvalue weighted by atomic mass is 32.3. The summed E-state index contributed by atoms with van der Waals surface area (Å²) in [6, 6.07) is 21.5. The first kappa shape index (κ1) is 57.4. The molecule has 3 fully saturated rings. The second-order valence-electron chi connectivity index (χ2n) is 19.0. The number of carbonyl (C=O) groups excluding carboxylic acids is 2. The number of sulfonamides is 2. The van der Waals surface area contributed by atoms with Gasteiger partial charge < -0.3 is 35.6 Å². The molecule has 398 valence electrons. The summed E-state index contributed by atoms with van der Waals surface area (Å²) < 4.78 is 67.6. The van der Waals surface area contributed by atoms with Gasteiger partial charge >= 0.3 is 0 Å². The van der Waals surface area contributed by atoms with E-state index in [2.05, 4.69) is 40.0 Å². The monoisotopic (exact) mass is 1070 g/mol. The first-order chi connectivity index (χ1) is 34.8. The van der Waals surface area contributed by atoms with Gasteiger partial charge in [0.05, 0.1) is 27.3 Å². The van der Waals surface area contributed by atoms with Gasteiger partial charge in [0, 0.05) is 72.2 Å². The van der Waals surface area contributed by atoms with Crippen LogP contribution in [0.15, 0.2) is 81.2 Å². The standard InChI is InChI=1S/C27H41N3O4S2.C26H38N4O4S2/c1-4-6-9-21(5-2)19-28-23-11-8-16-30(17-15-23)36(32,33)26-14-13-25(35-26)20-29-27(31)22-10-7-12-24(18-22)34-3;1-34-23-9-5-7-21(19-23)26(31)28-20-24-10-11-25(35-24)36(32,33)30-16-6-8-22(12-17-30)27-13-18-29-14-3-2-4-15-29/h7,10,12-14,18,21,23,28H,4-6,8-9,11,15-17,19-20H2,1-3H3,(H,29,31);5,7,9-11,19,22,27H,2-4,6,8,12-18,20H2,1H3,(H,28,31). The van der Waals surface area contributed by atoms with E-state index in [1.165, 1.54) is 80.7 Å². The van der Waals surface area contributed by atoms with Gasteiger partial charge in [0.25, 0.3) is 31.9 Å². The predicted octanol–water partition coefficient (Wildman–Crippen LogP) is 8.34. The number of nitrogens with one attached hydrogen (secondary N) is 4. The Bertz CT molecular complexity index is 2510. The summed E-state index contributed by atoms with van der Waals surface area (Å²) in [6.45, 7) is 12.7. The van der Waals surface area contributed by atoms with Crippen LogP contribution in [0.1, 0.15) is 128 Å². The first-order valence-electron chi connectivity index (χ1n) is 26.0. The minimum atomic E-state index is -3.54. The molecule has 0 bridgehead atoms. The molecule has 15 nitrogen and oxygen atoms in total. The summed E-state index contributed by atoms with van der Waals surface area (Å²) in [5.74, 6) is 1.48. The lowest BCUT2D eigenvalue weighted by atomic mass is 9.98. The summed E-state index contributed by atoms with van der Waals surface area (Å²) in [5, 5.41) is 13.1. The first-order valence-corrected chi connectivity index (χ1v) is 30.6. The van der Waals surface area contributed by atoms with Crippen LogP contribution in [0.25, 0.3) is 0 Å². The van der Waals surface area contributed by atoms with Crippen LogP contribution in [0.4, 0.5) is 0 Å². The Kier molecular flexibility index (Phi) is 23.3. The van der Waals surface area contributed by atoms with Crippen molar-refractivity contribution in [3.05, 3.63) is 93.7 Å². The number of likely N-dealkylation sites (tertiary alicyclic amines) is 1. The molecule has 2 aromatic heterocycles. The van der Waals surface area contributed by atoms with E-state index >= 15 is 0 Å². The van der Waals surface area contributed by atoms with Gasteiger partial charge in [-0.15, -0.1) is 22.7 Å². The van der Waals surface area contributed by atoms with Gasteiger partial charge in [0.2, 0.25) is 0 Å². The molecule has 19 heteroatoms. The maximum atomic E-state index is 13.3. The minimum absolute atomic E-state index is 0.224. The Morgan fingerprint density at radius 1 is 0.639 bits per heavy atom. The molecule has 2 aromatic carbocycles. The molecule has 0 spiro atoms. The largest absolute Gasteiger partial charge is 0.497 e. The van der Waals surface area contributed by atoms with Crippen LogP contribution in [0.5, 0.6) is 11.5 Å². The molecule has 3 atom stereocenters. The fourth-order valence-electron chi connectivity index (χ4n) is 9.42. The Labute approximate surface area is 437 Å². The van der Waals surface area contributed by atoms with Crippen LogP contribution >= 0.6 is 22.7 Å². The summed E-state index contributed by atoms with van der Waals surface area (Å²) in [4.78, 5) is 29.1. The zero-order chi connectivity index (χ0) is 51.4. The number of piperidine rings is 1. The molecular formula is C53H79N7O8S4. The molecule has 3 aliphatic rings. The number of hydrogen-bond donors (Lipinski definition) is 4. The number of unbranched alkanes of at least 4 members (excludes halogenated alkanes) is 1. The molecule has 3 saturated heterocycles. The SMILES string of the molecule is CCCCC(CC)CNC1CCCN(S(=O)(=O)c2ccc(CNC(=O)c3cccc(OC)c3)s2)CC1.COc1cccc(C(=O)NCc2ccc(S(=O)(=O)N3CCCC(NCCN4CCCCC4)CC3)s2)c1. The van der Waals surface area contributed by atoms with Crippen molar-refractivity contribution in [3.8, 4) is 11.5 Å². The maximum Gasteiger partial charge on any atom is 0.252 e. The van der Waals surface area contributed by atoms with Crippen molar-refractivity contribution in [2.24, 2.45) is 5.92 Å². The smallest absolute Gasteiger partial charge is 0.252 e. The minimum Gasteiger partial charge on any atom is -0.497 e. The molecule has 5 heterocycles. The zero-order valence-electron chi connectivity index (χ0n) is 42.9. The van der Waals surface area contributed by atoms with Crippen LogP contribution in [0.3, 0.4) is 0 Å². The number of thiophene rings is 2. The molecule has 0 saturated carbocycles. The van der Waals surface area contributed by atoms with Crippen molar-refractivity contribution < 1.29 is 35.9 Å². The summed E-state index contributed by atoms with van der Waals surface area (Å²) in [7, 11) is -3.96. The molecule has 72 heavy (non-hydrogen) atoms. The van der Waals surface area contributed by atoms with E-state index in [-0.39, 0.29) is 24.9 Å². The molecule has 3 aliphatic heterocycles. The van der Waals surface area contributed by atoms with Crippen molar-refractivity contribution in [1.82, 2.24) is 34.8 Å². The average Bonchev–Trinajstić information content (AvgIpc) is 3.96. The van der Waals surface area contributed by atoms with Gasteiger partial charge in [-0.1, -0.05) is 51.7 Å². The van der Waals surface area contributed by atoms with Crippen molar-refractivity contribution in [2.75, 3.05) is 73.1 Å². The second-order valence-corrected chi connectivity index (χ2v) is 25.7. The molecule has 2 amide bonds. The van der Waals surface area contributed by atoms with Crippen LogP contribution in [-0.4, -0.2) is 127 Å². The molecule has 3 unspecified atom stereocenters. The van der Waals surface area contributed by atoms with Gasteiger partial charge in [-0.3, -0.25) is 9.59 Å². The van der Waals surface area contributed by atoms with Gasteiger partial charge in [-0.05, 0) is 144 Å². The fourth-order valence-corrected chi connectivity index (χ4v) is 15.3. The third-order valence-corrected chi connectivity index (χ3v) is 20.8. The Balaban J connectivity index is 0.000000235. The van der Waals surface area contributed by atoms with E-state index in [1.807, 2.05) is 0 Å². The molecular weight excluding hydrogens is 991 g/mol. The maximum absolute atomic E-state index is 13.3. The summed E-state index contributed by atoms with van der Waals surface area (Å²) in [6.07, 6.45) is 14.3. The number of hydrogen-bond acceptors (Lipinski definition) is 13. The zero-order valence-corrected chi connectivity index (χ0v) is 46.1. The molecule has 4 aromatic rings. The molecule has 4 N–H and O–H groups in total. The van der Waals surface area contributed by atoms with Crippen LogP contribution < -0.4 is 30.7 Å². The average molecular weight is 1070 g/mol. The highest BCUT2D eigenvalue weighted by molar-refractivity contribution is 7.91. The van der Waals surface area contributed by atoms with Gasteiger partial charge in [-0.25, -0.2) is 16.8 Å².